The highest BCUT2D eigenvalue weighted by Gasteiger charge is 2.54. The molecule has 2 aliphatic rings. The maximum absolute atomic E-state index is 13.5. The molecule has 3 atom stereocenters. The molecule has 5 heteroatoms. The maximum Gasteiger partial charge on any atom is 0.165 e. The number of rotatable bonds is 1. The minimum Gasteiger partial charge on any atom is -0.515 e. The number of fused-ring (bicyclic) bond motifs is 3. The van der Waals surface area contributed by atoms with E-state index < -0.39 is 5.41 Å². The van der Waals surface area contributed by atoms with Gasteiger partial charge in [0, 0.05) is 23.1 Å². The number of halogens is 1. The van der Waals surface area contributed by atoms with Crippen molar-refractivity contribution in [1.82, 2.24) is 9.97 Å². The van der Waals surface area contributed by atoms with E-state index in [-0.39, 0.29) is 23.4 Å². The van der Waals surface area contributed by atoms with Crippen LogP contribution in [0, 0.1) is 17.7 Å². The third-order valence-electron chi connectivity index (χ3n) is 5.89. The van der Waals surface area contributed by atoms with Crippen LogP contribution < -0.4 is 0 Å². The lowest BCUT2D eigenvalue weighted by Crippen LogP contribution is -2.50. The Bertz CT molecular complexity index is 862. The highest BCUT2D eigenvalue weighted by Crippen LogP contribution is 2.55. The molecule has 0 aliphatic heterocycles. The van der Waals surface area contributed by atoms with Crippen molar-refractivity contribution in [2.75, 3.05) is 0 Å². The predicted octanol–water partition coefficient (Wildman–Crippen LogP) is 3.52. The number of ketones is 1. The largest absolute Gasteiger partial charge is 0.515 e. The van der Waals surface area contributed by atoms with Crippen molar-refractivity contribution in [3.05, 3.63) is 71.3 Å². The van der Waals surface area contributed by atoms with Gasteiger partial charge in [0.15, 0.2) is 5.78 Å². The van der Waals surface area contributed by atoms with E-state index in [4.69, 9.17) is 0 Å². The van der Waals surface area contributed by atoms with E-state index in [1.165, 1.54) is 18.5 Å². The van der Waals surface area contributed by atoms with Gasteiger partial charge in [0.25, 0.3) is 0 Å². The van der Waals surface area contributed by atoms with Gasteiger partial charge >= 0.3 is 0 Å². The van der Waals surface area contributed by atoms with Gasteiger partial charge in [-0.3, -0.25) is 4.79 Å². The number of aliphatic hydroxyl groups excluding tert-OH is 1. The first-order valence-electron chi connectivity index (χ1n) is 8.51. The SMILES string of the molecule is C[C@@H]1C(=O)C(=CO)C[C@]2(c3ccc(F)cc3)c3ncncc3CC[C@@H]12. The molecule has 1 N–H and O–H groups in total. The van der Waals surface area contributed by atoms with Gasteiger partial charge in [-0.1, -0.05) is 19.1 Å². The minimum atomic E-state index is -0.549. The molecule has 0 bridgehead atoms. The fraction of sp³-hybridized carbons (Fsp3) is 0.350. The number of Topliss-reactive ketones (excluding diaryl/α,β-unsaturated/α-hetero) is 1. The molecule has 2 aromatic rings. The number of hydrogen-bond donors (Lipinski definition) is 1. The van der Waals surface area contributed by atoms with Crippen LogP contribution in [0.1, 0.15) is 36.6 Å². The van der Waals surface area contributed by atoms with E-state index in [2.05, 4.69) is 9.97 Å². The summed E-state index contributed by atoms with van der Waals surface area (Å²) in [7, 11) is 0. The average molecular weight is 338 g/mol. The molecule has 2 aliphatic carbocycles. The zero-order valence-corrected chi connectivity index (χ0v) is 13.9. The van der Waals surface area contributed by atoms with Crippen molar-refractivity contribution < 1.29 is 14.3 Å². The van der Waals surface area contributed by atoms with E-state index in [9.17, 15) is 14.3 Å². The second-order valence-electron chi connectivity index (χ2n) is 7.00. The molecular weight excluding hydrogens is 319 g/mol. The van der Waals surface area contributed by atoms with Gasteiger partial charge in [0.1, 0.15) is 12.1 Å². The highest BCUT2D eigenvalue weighted by atomic mass is 19.1. The Morgan fingerprint density at radius 1 is 1.32 bits per heavy atom. The lowest BCUT2D eigenvalue weighted by atomic mass is 9.52. The summed E-state index contributed by atoms with van der Waals surface area (Å²) >= 11 is 0. The van der Waals surface area contributed by atoms with Gasteiger partial charge in [-0.25, -0.2) is 14.4 Å². The molecule has 0 spiro atoms. The van der Waals surface area contributed by atoms with Gasteiger partial charge in [-0.15, -0.1) is 0 Å². The van der Waals surface area contributed by atoms with Crippen LogP contribution in [-0.4, -0.2) is 20.9 Å². The van der Waals surface area contributed by atoms with Gasteiger partial charge < -0.3 is 5.11 Å². The molecule has 0 saturated heterocycles. The van der Waals surface area contributed by atoms with Crippen LogP contribution in [0.5, 0.6) is 0 Å². The maximum atomic E-state index is 13.5. The smallest absolute Gasteiger partial charge is 0.165 e. The van der Waals surface area contributed by atoms with Gasteiger partial charge in [-0.05, 0) is 48.4 Å². The molecule has 128 valence electrons. The number of allylic oxidation sites excluding steroid dienone is 1. The number of carbonyl (C=O) groups excluding carboxylic acids is 1. The molecule has 4 nitrogen and oxygen atoms in total. The van der Waals surface area contributed by atoms with E-state index in [1.54, 1.807) is 12.1 Å². The zero-order chi connectivity index (χ0) is 17.6. The first-order valence-corrected chi connectivity index (χ1v) is 8.51. The molecule has 1 fully saturated rings. The van der Waals surface area contributed by atoms with E-state index in [1.807, 2.05) is 13.1 Å². The van der Waals surface area contributed by atoms with Crippen LogP contribution in [-0.2, 0) is 16.6 Å². The molecule has 4 rings (SSSR count). The van der Waals surface area contributed by atoms with E-state index in [0.29, 0.717) is 12.0 Å². The molecule has 25 heavy (non-hydrogen) atoms. The van der Waals surface area contributed by atoms with Crippen LogP contribution in [0.2, 0.25) is 0 Å². The lowest BCUT2D eigenvalue weighted by molar-refractivity contribution is -0.123. The number of aryl methyl sites for hydroxylation is 1. The summed E-state index contributed by atoms with van der Waals surface area (Å²) in [6.07, 6.45) is 6.30. The Morgan fingerprint density at radius 3 is 2.80 bits per heavy atom. The first-order chi connectivity index (χ1) is 12.1. The number of aromatic nitrogens is 2. The van der Waals surface area contributed by atoms with E-state index in [0.717, 1.165) is 35.9 Å². The summed E-state index contributed by atoms with van der Waals surface area (Å²) in [6.45, 7) is 1.92. The van der Waals surface area contributed by atoms with Crippen molar-refractivity contribution in [2.24, 2.45) is 11.8 Å². The van der Waals surface area contributed by atoms with Crippen molar-refractivity contribution in [3.8, 4) is 0 Å². The molecule has 1 saturated carbocycles. The van der Waals surface area contributed by atoms with Crippen LogP contribution in [0.25, 0.3) is 0 Å². The van der Waals surface area contributed by atoms with Crippen LogP contribution in [0.3, 0.4) is 0 Å². The topological polar surface area (TPSA) is 63.1 Å². The molecular formula is C20H19FN2O2. The monoisotopic (exact) mass is 338 g/mol. The number of carbonyl (C=O) groups is 1. The standard InChI is InChI=1S/C20H19FN2O2/c1-12-17-7-2-13-9-22-11-23-19(13)20(17,8-14(10-24)18(12)25)15-3-5-16(21)6-4-15/h3-6,9-12,17,24H,2,7-8H2,1H3/t12-,17-,20+/m0/s1. The summed E-state index contributed by atoms with van der Waals surface area (Å²) in [6, 6.07) is 6.44. The molecule has 0 unspecified atom stereocenters. The Morgan fingerprint density at radius 2 is 2.08 bits per heavy atom. The Labute approximate surface area is 145 Å². The van der Waals surface area contributed by atoms with Crippen LogP contribution in [0.15, 0.2) is 48.6 Å². The average Bonchev–Trinajstić information content (AvgIpc) is 2.65. The van der Waals surface area contributed by atoms with Crippen LogP contribution >= 0.6 is 0 Å². The van der Waals surface area contributed by atoms with E-state index >= 15 is 0 Å². The third-order valence-corrected chi connectivity index (χ3v) is 5.89. The number of hydrogen-bond acceptors (Lipinski definition) is 4. The van der Waals surface area contributed by atoms with Crippen molar-refractivity contribution in [2.45, 2.75) is 31.6 Å². The fourth-order valence-corrected chi connectivity index (χ4v) is 4.74. The Kier molecular flexibility index (Phi) is 3.67. The second-order valence-corrected chi connectivity index (χ2v) is 7.00. The summed E-state index contributed by atoms with van der Waals surface area (Å²) in [4.78, 5) is 21.4. The van der Waals surface area contributed by atoms with Gasteiger partial charge in [-0.2, -0.15) is 0 Å². The molecule has 0 radical (unpaired) electrons. The summed E-state index contributed by atoms with van der Waals surface area (Å²) in [5.74, 6) is -0.493. The number of benzene rings is 1. The quantitative estimate of drug-likeness (QED) is 0.638. The van der Waals surface area contributed by atoms with Crippen molar-refractivity contribution in [3.63, 3.8) is 0 Å². The first kappa shape index (κ1) is 15.9. The second kappa shape index (κ2) is 5.76. The lowest BCUT2D eigenvalue weighted by Gasteiger charge is -2.50. The minimum absolute atomic E-state index is 0.0113. The fourth-order valence-electron chi connectivity index (χ4n) is 4.74. The summed E-state index contributed by atoms with van der Waals surface area (Å²) < 4.78 is 13.5. The number of aliphatic hydroxyl groups is 1. The molecule has 1 aromatic heterocycles. The highest BCUT2D eigenvalue weighted by molar-refractivity contribution is 5.98. The van der Waals surface area contributed by atoms with Crippen molar-refractivity contribution in [1.29, 1.82) is 0 Å². The number of nitrogens with zero attached hydrogens (tertiary/aromatic N) is 2. The Balaban J connectivity index is 2.01. The van der Waals surface area contributed by atoms with Gasteiger partial charge in [0.2, 0.25) is 0 Å². The van der Waals surface area contributed by atoms with Crippen LogP contribution in [0.4, 0.5) is 4.39 Å². The van der Waals surface area contributed by atoms with Gasteiger partial charge in [0.05, 0.1) is 12.0 Å². The summed E-state index contributed by atoms with van der Waals surface area (Å²) in [5, 5.41) is 9.65. The zero-order valence-electron chi connectivity index (χ0n) is 13.9. The summed E-state index contributed by atoms with van der Waals surface area (Å²) in [5.41, 5.74) is 2.73. The van der Waals surface area contributed by atoms with Crippen molar-refractivity contribution >= 4 is 5.78 Å². The Hall–Kier alpha value is -2.56. The third kappa shape index (κ3) is 2.22. The molecule has 1 aromatic carbocycles. The molecule has 1 heterocycles. The predicted molar refractivity (Wildman–Crippen MR) is 90.5 cm³/mol. The molecule has 0 amide bonds. The normalized spacial score (nSPS) is 30.0.